The van der Waals surface area contributed by atoms with Crippen molar-refractivity contribution in [1.29, 1.82) is 5.26 Å². The van der Waals surface area contributed by atoms with Gasteiger partial charge < -0.3 is 11.1 Å². The highest BCUT2D eigenvalue weighted by molar-refractivity contribution is 7.80. The minimum atomic E-state index is -0.868. The molecule has 0 bridgehead atoms. The van der Waals surface area contributed by atoms with Crippen molar-refractivity contribution in [2.24, 2.45) is 10.8 Å². The van der Waals surface area contributed by atoms with Crippen LogP contribution in [-0.4, -0.2) is 16.7 Å². The lowest BCUT2D eigenvalue weighted by Gasteiger charge is -2.14. The standard InChI is InChI=1S/C18H17N5OS/c1-12-7-5-6-10-15(12)21-17(24)16(22-23-18(20)25)14(11-19)13-8-3-2-4-9-13/h2-10,14H,1H3,(H,21,24)(H3,20,23,25)/b22-16-/t14-/m1/s1. The number of hydrogen-bond donors (Lipinski definition) is 3. The summed E-state index contributed by atoms with van der Waals surface area (Å²) in [6.45, 7) is 1.87. The number of hydrazone groups is 1. The summed E-state index contributed by atoms with van der Waals surface area (Å²) in [5, 5.41) is 16.2. The van der Waals surface area contributed by atoms with E-state index in [9.17, 15) is 10.1 Å². The van der Waals surface area contributed by atoms with Crippen LogP contribution in [0.1, 0.15) is 17.0 Å². The Morgan fingerprint density at radius 2 is 1.84 bits per heavy atom. The summed E-state index contributed by atoms with van der Waals surface area (Å²) >= 11 is 4.74. The normalized spacial score (nSPS) is 11.9. The maximum Gasteiger partial charge on any atom is 0.273 e. The number of aryl methyl sites for hydroxylation is 1. The predicted molar refractivity (Wildman–Crippen MR) is 102 cm³/mol. The Morgan fingerprint density at radius 1 is 1.20 bits per heavy atom. The molecule has 126 valence electrons. The van der Waals surface area contributed by atoms with E-state index in [1.165, 1.54) is 0 Å². The molecule has 0 aliphatic carbocycles. The lowest BCUT2D eigenvalue weighted by atomic mass is 9.95. The van der Waals surface area contributed by atoms with Crippen LogP contribution in [0.2, 0.25) is 0 Å². The number of nitrogens with two attached hydrogens (primary N) is 1. The van der Waals surface area contributed by atoms with Gasteiger partial charge in [-0.25, -0.2) is 0 Å². The highest BCUT2D eigenvalue weighted by Crippen LogP contribution is 2.19. The van der Waals surface area contributed by atoms with Gasteiger partial charge in [0.05, 0.1) is 6.07 Å². The van der Waals surface area contributed by atoms with Gasteiger partial charge in [-0.3, -0.25) is 10.2 Å². The Balaban J connectivity index is 2.37. The quantitative estimate of drug-likeness (QED) is 0.436. The first-order valence-corrected chi connectivity index (χ1v) is 7.88. The zero-order valence-electron chi connectivity index (χ0n) is 13.6. The summed E-state index contributed by atoms with van der Waals surface area (Å²) in [5.41, 5.74) is 9.95. The number of nitrogens with one attached hydrogen (secondary N) is 2. The van der Waals surface area contributed by atoms with Crippen LogP contribution in [0.5, 0.6) is 0 Å². The van der Waals surface area contributed by atoms with Gasteiger partial charge in [0.25, 0.3) is 5.91 Å². The van der Waals surface area contributed by atoms with Gasteiger partial charge in [-0.15, -0.1) is 0 Å². The van der Waals surface area contributed by atoms with E-state index in [1.54, 1.807) is 30.3 Å². The van der Waals surface area contributed by atoms with Crippen molar-refractivity contribution in [3.8, 4) is 6.07 Å². The second-order valence-corrected chi connectivity index (χ2v) is 5.65. The number of para-hydroxylation sites is 1. The number of hydrogen-bond acceptors (Lipinski definition) is 4. The highest BCUT2D eigenvalue weighted by Gasteiger charge is 2.25. The SMILES string of the molecule is Cc1ccccc1NC(=O)/C(=N\NC(N)=S)[C@H](C#N)c1ccccc1. The number of nitrogens with zero attached hydrogens (tertiary/aromatic N) is 2. The summed E-state index contributed by atoms with van der Waals surface area (Å²) in [6, 6.07) is 18.4. The largest absolute Gasteiger partial charge is 0.375 e. The number of benzene rings is 2. The number of amides is 1. The first-order valence-electron chi connectivity index (χ1n) is 7.47. The Morgan fingerprint density at radius 3 is 2.44 bits per heavy atom. The van der Waals surface area contributed by atoms with Crippen molar-refractivity contribution >= 4 is 34.6 Å². The van der Waals surface area contributed by atoms with E-state index in [-0.39, 0.29) is 10.8 Å². The molecule has 0 saturated carbocycles. The Labute approximate surface area is 151 Å². The lowest BCUT2D eigenvalue weighted by Crippen LogP contribution is -2.33. The van der Waals surface area contributed by atoms with Crippen molar-refractivity contribution in [2.45, 2.75) is 12.8 Å². The predicted octanol–water partition coefficient (Wildman–Crippen LogP) is 2.43. The second-order valence-electron chi connectivity index (χ2n) is 5.21. The van der Waals surface area contributed by atoms with E-state index in [0.29, 0.717) is 11.3 Å². The third kappa shape index (κ3) is 4.86. The first kappa shape index (κ1) is 18.1. The molecule has 1 amide bonds. The Kier molecular flexibility index (Phi) is 6.20. The van der Waals surface area contributed by atoms with E-state index in [1.807, 2.05) is 31.2 Å². The monoisotopic (exact) mass is 351 g/mol. The molecule has 2 aromatic carbocycles. The smallest absolute Gasteiger partial charge is 0.273 e. The van der Waals surface area contributed by atoms with Gasteiger partial charge in [0.15, 0.2) is 5.11 Å². The molecule has 0 aromatic heterocycles. The van der Waals surface area contributed by atoms with Gasteiger partial charge in [0, 0.05) is 5.69 Å². The molecule has 0 aliphatic rings. The van der Waals surface area contributed by atoms with Gasteiger partial charge in [-0.1, -0.05) is 48.5 Å². The third-order valence-electron chi connectivity index (χ3n) is 3.45. The number of thiocarbonyl (C=S) groups is 1. The van der Waals surface area contributed by atoms with Gasteiger partial charge in [0.1, 0.15) is 11.6 Å². The topological polar surface area (TPSA) is 103 Å². The molecule has 0 radical (unpaired) electrons. The lowest BCUT2D eigenvalue weighted by molar-refractivity contribution is -0.110. The van der Waals surface area contributed by atoms with E-state index >= 15 is 0 Å². The van der Waals surface area contributed by atoms with Crippen molar-refractivity contribution < 1.29 is 4.79 Å². The van der Waals surface area contributed by atoms with E-state index in [4.69, 9.17) is 18.0 Å². The third-order valence-corrected chi connectivity index (χ3v) is 3.54. The fourth-order valence-electron chi connectivity index (χ4n) is 2.20. The number of anilines is 1. The molecule has 0 fully saturated rings. The molecule has 1 atom stereocenters. The molecule has 25 heavy (non-hydrogen) atoms. The number of carbonyl (C=O) groups is 1. The molecule has 2 aromatic rings. The van der Waals surface area contributed by atoms with Crippen LogP contribution in [0.4, 0.5) is 5.69 Å². The van der Waals surface area contributed by atoms with Crippen LogP contribution in [0.3, 0.4) is 0 Å². The molecular weight excluding hydrogens is 334 g/mol. The average Bonchev–Trinajstić information content (AvgIpc) is 2.61. The maximum atomic E-state index is 12.7. The average molecular weight is 351 g/mol. The highest BCUT2D eigenvalue weighted by atomic mass is 32.1. The molecule has 2 rings (SSSR count). The molecule has 4 N–H and O–H groups in total. The minimum absolute atomic E-state index is 0.0234. The van der Waals surface area contributed by atoms with Gasteiger partial charge in [-0.2, -0.15) is 10.4 Å². The van der Waals surface area contributed by atoms with Crippen LogP contribution in [-0.2, 0) is 4.79 Å². The Bertz CT molecular complexity index is 842. The molecule has 0 unspecified atom stereocenters. The van der Waals surface area contributed by atoms with Gasteiger partial charge in [-0.05, 0) is 36.3 Å². The van der Waals surface area contributed by atoms with E-state index < -0.39 is 11.8 Å². The molecule has 6 nitrogen and oxygen atoms in total. The molecule has 0 spiro atoms. The fourth-order valence-corrected chi connectivity index (χ4v) is 2.25. The van der Waals surface area contributed by atoms with E-state index in [2.05, 4.69) is 21.9 Å². The van der Waals surface area contributed by atoms with Crippen LogP contribution < -0.4 is 16.5 Å². The fraction of sp³-hybridized carbons (Fsp3) is 0.111. The second kappa shape index (κ2) is 8.57. The van der Waals surface area contributed by atoms with Gasteiger partial charge in [0.2, 0.25) is 0 Å². The van der Waals surface area contributed by atoms with Crippen LogP contribution in [0.25, 0.3) is 0 Å². The van der Waals surface area contributed by atoms with Crippen molar-refractivity contribution in [3.63, 3.8) is 0 Å². The van der Waals surface area contributed by atoms with Gasteiger partial charge >= 0.3 is 0 Å². The molecular formula is C18H17N5OS. The maximum absolute atomic E-state index is 12.7. The van der Waals surface area contributed by atoms with Crippen LogP contribution >= 0.6 is 12.2 Å². The zero-order valence-corrected chi connectivity index (χ0v) is 14.4. The van der Waals surface area contributed by atoms with Crippen molar-refractivity contribution in [1.82, 2.24) is 5.43 Å². The number of nitriles is 1. The molecule has 0 saturated heterocycles. The van der Waals surface area contributed by atoms with Crippen molar-refractivity contribution in [3.05, 3.63) is 65.7 Å². The summed E-state index contributed by atoms with van der Waals surface area (Å²) in [4.78, 5) is 12.7. The summed E-state index contributed by atoms with van der Waals surface area (Å²) in [7, 11) is 0. The molecule has 7 heteroatoms. The van der Waals surface area contributed by atoms with E-state index in [0.717, 1.165) is 5.56 Å². The minimum Gasteiger partial charge on any atom is -0.375 e. The number of carbonyl (C=O) groups excluding carboxylic acids is 1. The summed E-state index contributed by atoms with van der Waals surface area (Å²) in [5.74, 6) is -1.37. The summed E-state index contributed by atoms with van der Waals surface area (Å²) < 4.78 is 0. The Hall–Kier alpha value is -3.24. The van der Waals surface area contributed by atoms with Crippen molar-refractivity contribution in [2.75, 3.05) is 5.32 Å². The van der Waals surface area contributed by atoms with Crippen LogP contribution in [0.15, 0.2) is 59.7 Å². The number of rotatable bonds is 5. The molecule has 0 aliphatic heterocycles. The first-order chi connectivity index (χ1) is 12.0. The molecule has 0 heterocycles. The zero-order chi connectivity index (χ0) is 18.2. The van der Waals surface area contributed by atoms with Crippen LogP contribution in [0, 0.1) is 18.3 Å². The summed E-state index contributed by atoms with van der Waals surface area (Å²) in [6.07, 6.45) is 0.